The van der Waals surface area contributed by atoms with Gasteiger partial charge >= 0.3 is 85.7 Å². The number of benzene rings is 1. The number of amides is 2. The Balaban J connectivity index is 0.642. The number of hydrogen-bond donors (Lipinski definition) is 15. The molecule has 49 nitrogen and oxygen atoms in total. The summed E-state index contributed by atoms with van der Waals surface area (Å²) < 4.78 is 165. The zero-order valence-electron chi connectivity index (χ0n) is 62.5. The lowest BCUT2D eigenvalue weighted by Crippen LogP contribution is -2.33. The number of fused-ring (bicyclic) bond motifs is 1. The number of aliphatic hydroxyl groups is 2. The van der Waals surface area contributed by atoms with Gasteiger partial charge in [0.15, 0.2) is 0 Å². The largest absolute Gasteiger partial charge is 0.490 e. The number of nitrogens with one attached hydrogen (secondary N) is 5. The molecule has 9 rings (SSSR count). The number of hydrogen-bond acceptors (Lipinski definition) is 33. The Hall–Kier alpha value is -5.96. The number of aromatic nitrogens is 8. The van der Waals surface area contributed by atoms with Crippen molar-refractivity contribution in [3.8, 4) is 11.3 Å². The third kappa shape index (κ3) is 28.3. The van der Waals surface area contributed by atoms with Crippen molar-refractivity contribution in [3.05, 3.63) is 144 Å². The van der Waals surface area contributed by atoms with Crippen LogP contribution in [0.1, 0.15) is 134 Å². The molecular formula is C60H88N10O39P8. The summed E-state index contributed by atoms with van der Waals surface area (Å²) in [5.74, 6) is -2.05. The molecule has 4 aliphatic rings. The Morgan fingerprint density at radius 1 is 0.513 bits per heavy atom. The summed E-state index contributed by atoms with van der Waals surface area (Å²) in [5, 5.41) is 35.3. The minimum atomic E-state index is -6.57. The first-order valence-corrected chi connectivity index (χ1v) is 47.7. The summed E-state index contributed by atoms with van der Waals surface area (Å²) >= 11 is 0. The molecule has 1 aromatic carbocycles. The highest BCUT2D eigenvalue weighted by Gasteiger charge is 2.51. The van der Waals surface area contributed by atoms with Crippen molar-refractivity contribution < 1.29 is 154 Å². The number of aliphatic hydroxyl groups excluding tert-OH is 2. The molecule has 3 fully saturated rings. The van der Waals surface area contributed by atoms with Gasteiger partial charge in [-0.3, -0.25) is 75.0 Å². The minimum Gasteiger partial charge on any atom is -0.446 e. The van der Waals surface area contributed by atoms with Crippen LogP contribution in [0.2, 0.25) is 0 Å². The normalized spacial score (nSPS) is 25.1. The van der Waals surface area contributed by atoms with E-state index in [4.69, 9.17) is 27.6 Å². The van der Waals surface area contributed by atoms with E-state index in [2.05, 4.69) is 61.4 Å². The Morgan fingerprint density at radius 2 is 1.02 bits per heavy atom. The van der Waals surface area contributed by atoms with Crippen molar-refractivity contribution >= 4 is 74.6 Å². The van der Waals surface area contributed by atoms with Crippen molar-refractivity contribution in [2.75, 3.05) is 46.1 Å². The zero-order chi connectivity index (χ0) is 86.0. The van der Waals surface area contributed by atoms with E-state index in [1.807, 2.05) is 4.98 Å². The number of alkyl carbamates (subject to hydrolysis) is 1. The predicted molar refractivity (Wildman–Crippen MR) is 398 cm³/mol. The number of ether oxygens (including phenoxy) is 2. The molecule has 18 atom stereocenters. The van der Waals surface area contributed by atoms with Crippen molar-refractivity contribution in [1.29, 1.82) is 0 Å². The van der Waals surface area contributed by atoms with Crippen molar-refractivity contribution in [1.82, 2.24) is 49.5 Å². The average molecular weight is 1820 g/mol. The molecule has 57 heteroatoms. The van der Waals surface area contributed by atoms with E-state index in [-0.39, 0.29) is 87.1 Å². The van der Waals surface area contributed by atoms with E-state index in [1.54, 1.807) is 31.2 Å². The smallest absolute Gasteiger partial charge is 0.446 e. The molecule has 0 radical (unpaired) electrons. The van der Waals surface area contributed by atoms with E-state index in [9.17, 15) is 124 Å². The van der Waals surface area contributed by atoms with Crippen LogP contribution in [-0.4, -0.2) is 177 Å². The van der Waals surface area contributed by atoms with E-state index >= 15 is 0 Å². The number of phosphoric ester groups is 4. The fourth-order valence-electron chi connectivity index (χ4n) is 13.2. The second-order valence-corrected chi connectivity index (χ2v) is 39.9. The summed E-state index contributed by atoms with van der Waals surface area (Å²) in [7, 11) is -47.3. The van der Waals surface area contributed by atoms with Gasteiger partial charge in [0.05, 0.1) is 69.2 Å². The Bertz CT molecular complexity index is 5210. The highest BCUT2D eigenvalue weighted by atomic mass is 31.3. The van der Waals surface area contributed by atoms with Gasteiger partial charge in [-0.2, -0.15) is 26.7 Å². The van der Waals surface area contributed by atoms with Crippen LogP contribution in [0.15, 0.2) is 71.6 Å². The summed E-state index contributed by atoms with van der Waals surface area (Å²) in [4.78, 5) is 187. The first kappa shape index (κ1) is 94.9. The Morgan fingerprint density at radius 3 is 1.62 bits per heavy atom. The van der Waals surface area contributed by atoms with Gasteiger partial charge in [-0.25, -0.2) is 55.7 Å². The zero-order valence-corrected chi connectivity index (χ0v) is 69.7. The SMILES string of the molecule is Cc1nnc(-c2ccc(CC(=O)NCCCCCCOP(=O)(O)OP(=O)(O)OP(=O)(O)OP(=O)(O)OP(=O)(O)OP(=O)(O)OC[C@@H]3O[C@H](n4cc(C)c(=O)[nH]c4=O)C[C@@H]3O)cc2)c2c1CCC(OC(=O)NCCOP(=O)(O)OC[C@H]1C[C@@H](n3cc(C)c(=O)[nH]c3=O)CC1OP(=O)(O)OC[C@H]1C[C@@H](n3cc(C)c(=O)[nH]c3=O)CC1O)CCC2. The molecule has 15 N–H and O–H groups in total. The molecule has 652 valence electrons. The van der Waals surface area contributed by atoms with Crippen LogP contribution in [0.5, 0.6) is 0 Å². The third-order valence-electron chi connectivity index (χ3n) is 18.8. The van der Waals surface area contributed by atoms with Gasteiger partial charge in [-0.1, -0.05) is 37.1 Å². The number of aromatic amines is 3. The monoisotopic (exact) mass is 1820 g/mol. The van der Waals surface area contributed by atoms with Gasteiger partial charge in [0.1, 0.15) is 18.4 Å². The summed E-state index contributed by atoms with van der Waals surface area (Å²) in [5.41, 5.74) is 0.596. The molecular weight excluding hydrogens is 1730 g/mol. The number of unbranched alkanes of at least 4 members (excludes halogenated alkanes) is 3. The second-order valence-electron chi connectivity index (χ2n) is 27.7. The minimum absolute atomic E-state index is 0.00947. The van der Waals surface area contributed by atoms with Crippen LogP contribution in [0.4, 0.5) is 4.79 Å². The number of phosphoric acid groups is 8. The summed E-state index contributed by atoms with van der Waals surface area (Å²) in [6, 6.07) is 5.73. The molecule has 11 unspecified atom stereocenters. The fraction of sp³-hybridized carbons (Fsp3) is 0.600. The van der Waals surface area contributed by atoms with E-state index in [0.29, 0.717) is 61.9 Å². The fourth-order valence-corrected chi connectivity index (χ4v) is 22.9. The first-order valence-electron chi connectivity index (χ1n) is 35.8. The maximum atomic E-state index is 13.5. The Kier molecular flexibility index (Phi) is 32.4. The highest BCUT2D eigenvalue weighted by molar-refractivity contribution is 7.72. The van der Waals surface area contributed by atoms with Gasteiger partial charge in [-0.05, 0) is 115 Å². The van der Waals surface area contributed by atoms with Gasteiger partial charge in [0.25, 0.3) is 16.7 Å². The molecule has 117 heavy (non-hydrogen) atoms. The second kappa shape index (κ2) is 39.9. The lowest BCUT2D eigenvalue weighted by Gasteiger charge is -2.24. The molecule has 3 aliphatic carbocycles. The van der Waals surface area contributed by atoms with Crippen LogP contribution in [0, 0.1) is 39.5 Å². The van der Waals surface area contributed by atoms with Gasteiger partial charge < -0.3 is 69.5 Å². The molecule has 5 aromatic rings. The first-order chi connectivity index (χ1) is 54.5. The van der Waals surface area contributed by atoms with Crippen LogP contribution in [0.25, 0.3) is 11.3 Å². The van der Waals surface area contributed by atoms with Gasteiger partial charge in [-0.15, -0.1) is 5.10 Å². The molecule has 2 amide bonds. The standard InChI is InChI=1S/C60H88N10O39P8/c1-34-28-68(57(77)63-54(34)74)42-23-40(47(71)25-42)31-100-111(83,84)104-49-26-43(69-29-35(2)55(75)64-58(69)78)24-41(49)32-99-110(81,82)98-21-19-62-60(80)102-44-10-9-11-46-45(17-16-44)37(4)66-67-53(46)39-14-12-38(13-15-39)22-51(73)61-18-7-5-6-8-20-97-112(85,86)105-114(89,90)107-116(93,94)109-117(95,96)108-115(91,92)106-113(87,88)101-33-50-48(72)27-52(103-50)70-30-36(3)56(76)65-59(70)79/h12-15,28-30,40-44,47-50,52,71-72H,5-11,16-27,31-33H2,1-4H3,(H,61,73)(H,62,80)(H,81,82)(H,83,84)(H,85,86)(H,87,88)(H,89,90)(H,91,92)(H,93,94)(H,95,96)(H,63,74,77)(H,64,75,78)(H,65,76,79)/t40-,41-,42-,43-,44?,47?,48+,49?,50+,52+/m1/s1. The molecule has 1 aliphatic heterocycles. The van der Waals surface area contributed by atoms with Crippen LogP contribution < -0.4 is 44.4 Å². The maximum Gasteiger partial charge on any atom is 0.490 e. The number of H-pyrrole nitrogens is 3. The summed E-state index contributed by atoms with van der Waals surface area (Å²) in [6.45, 7) is 2.55. The molecule has 0 spiro atoms. The molecule has 4 aromatic heterocycles. The number of nitrogens with zero attached hydrogens (tertiary/aromatic N) is 5. The van der Waals surface area contributed by atoms with Crippen LogP contribution in [0.3, 0.4) is 0 Å². The van der Waals surface area contributed by atoms with E-state index < -0.39 is 196 Å². The van der Waals surface area contributed by atoms with Gasteiger partial charge in [0.2, 0.25) is 5.91 Å². The highest BCUT2D eigenvalue weighted by Crippen LogP contribution is 2.75. The summed E-state index contributed by atoms with van der Waals surface area (Å²) in [6.07, 6.45) is -1.25. The van der Waals surface area contributed by atoms with Crippen molar-refractivity contribution in [2.45, 2.75) is 173 Å². The molecule has 1 saturated heterocycles. The van der Waals surface area contributed by atoms with Crippen LogP contribution in [-0.2, 0) is 119 Å². The maximum absolute atomic E-state index is 13.5. The number of carbonyl (C=O) groups excluding carboxylic acids is 2. The van der Waals surface area contributed by atoms with Crippen molar-refractivity contribution in [3.63, 3.8) is 0 Å². The topological polar surface area (TPSA) is 707 Å². The number of rotatable bonds is 40. The van der Waals surface area contributed by atoms with E-state index in [0.717, 1.165) is 27.5 Å². The number of aryl methyl sites for hydroxylation is 4. The van der Waals surface area contributed by atoms with Gasteiger partial charge in [0, 0.05) is 84.3 Å². The quantitative estimate of drug-likeness (QED) is 0.0195. The molecule has 5 heterocycles. The van der Waals surface area contributed by atoms with E-state index in [1.165, 1.54) is 42.3 Å². The third-order valence-corrected chi connectivity index (χ3v) is 30.0. The van der Waals surface area contributed by atoms with Crippen molar-refractivity contribution in [2.24, 2.45) is 11.8 Å². The Labute approximate surface area is 661 Å². The lowest BCUT2D eigenvalue weighted by molar-refractivity contribution is -0.120. The number of carbonyl (C=O) groups is 2. The average Bonchev–Trinajstić information content (AvgIpc) is 1.74. The lowest BCUT2D eigenvalue weighted by atomic mass is 9.89. The predicted octanol–water partition coefficient (Wildman–Crippen LogP) is 3.88. The molecule has 2 saturated carbocycles. The van der Waals surface area contributed by atoms with Crippen LogP contribution >= 0.6 is 62.6 Å². The molecule has 0 bridgehead atoms.